The topological polar surface area (TPSA) is 79.3 Å². The zero-order valence-corrected chi connectivity index (χ0v) is 13.1. The van der Waals surface area contributed by atoms with Crippen LogP contribution in [0.3, 0.4) is 0 Å². The summed E-state index contributed by atoms with van der Waals surface area (Å²) in [6.07, 6.45) is 2.71. The van der Waals surface area contributed by atoms with E-state index in [1.165, 1.54) is 4.90 Å². The van der Waals surface area contributed by atoms with Crippen molar-refractivity contribution < 1.29 is 24.2 Å². The van der Waals surface area contributed by atoms with Crippen molar-refractivity contribution in [1.82, 2.24) is 9.80 Å². The van der Waals surface area contributed by atoms with E-state index in [1.54, 1.807) is 0 Å². The molecule has 0 atom stereocenters. The Bertz CT molecular complexity index is 561. The molecular weight excluding hydrogens is 300 g/mol. The first-order chi connectivity index (χ1) is 11.1. The van der Waals surface area contributed by atoms with Gasteiger partial charge >= 0.3 is 12.1 Å². The van der Waals surface area contributed by atoms with E-state index in [0.29, 0.717) is 45.1 Å². The molecule has 0 aromatic heterocycles. The number of piperidine rings is 1. The number of nitrogens with zero attached hydrogens (tertiary/aromatic N) is 2. The van der Waals surface area contributed by atoms with Crippen LogP contribution in [0, 0.1) is 5.92 Å². The largest absolute Gasteiger partial charge is 0.465 e. The minimum Gasteiger partial charge on any atom is -0.465 e. The Morgan fingerprint density at radius 1 is 1.22 bits per heavy atom. The molecule has 3 heterocycles. The molecule has 0 aromatic rings. The highest BCUT2D eigenvalue weighted by Crippen LogP contribution is 2.42. The molecule has 0 unspecified atom stereocenters. The number of carboxylic acid groups (broad SMARTS) is 1. The molecule has 2 saturated heterocycles. The maximum Gasteiger partial charge on any atom is 0.407 e. The van der Waals surface area contributed by atoms with Crippen LogP contribution in [0.1, 0.15) is 25.7 Å². The zero-order chi connectivity index (χ0) is 16.0. The van der Waals surface area contributed by atoms with Gasteiger partial charge in [-0.05, 0) is 31.6 Å². The van der Waals surface area contributed by atoms with Crippen molar-refractivity contribution in [3.8, 4) is 0 Å². The summed E-state index contributed by atoms with van der Waals surface area (Å²) in [6, 6.07) is 0. The summed E-state index contributed by atoms with van der Waals surface area (Å²) in [6.45, 7) is 3.50. The Labute approximate surface area is 134 Å². The zero-order valence-electron chi connectivity index (χ0n) is 13.1. The van der Waals surface area contributed by atoms with Crippen LogP contribution >= 0.6 is 0 Å². The van der Waals surface area contributed by atoms with Gasteiger partial charge in [0.05, 0.1) is 23.5 Å². The van der Waals surface area contributed by atoms with Crippen LogP contribution in [-0.2, 0) is 14.3 Å². The number of cyclic esters (lactones) is 1. The van der Waals surface area contributed by atoms with Gasteiger partial charge in [-0.1, -0.05) is 0 Å². The van der Waals surface area contributed by atoms with E-state index in [2.05, 4.69) is 4.90 Å². The highest BCUT2D eigenvalue weighted by molar-refractivity contribution is 5.92. The third kappa shape index (κ3) is 2.67. The van der Waals surface area contributed by atoms with Crippen LogP contribution in [0.25, 0.3) is 0 Å². The Morgan fingerprint density at radius 2 is 1.96 bits per heavy atom. The Hall–Kier alpha value is -1.76. The molecule has 7 nitrogen and oxygen atoms in total. The number of carbonyl (C=O) groups excluding carboxylic acids is 1. The quantitative estimate of drug-likeness (QED) is 0.766. The van der Waals surface area contributed by atoms with E-state index in [-0.39, 0.29) is 11.6 Å². The second-order valence-corrected chi connectivity index (χ2v) is 6.93. The van der Waals surface area contributed by atoms with Gasteiger partial charge in [0.25, 0.3) is 0 Å². The molecule has 4 aliphatic rings. The van der Waals surface area contributed by atoms with Crippen molar-refractivity contribution in [3.05, 3.63) is 11.3 Å². The molecule has 7 heteroatoms. The molecule has 3 aliphatic heterocycles. The van der Waals surface area contributed by atoms with Gasteiger partial charge in [-0.15, -0.1) is 0 Å². The summed E-state index contributed by atoms with van der Waals surface area (Å²) in [7, 11) is 0. The van der Waals surface area contributed by atoms with Crippen molar-refractivity contribution in [1.29, 1.82) is 0 Å². The number of rotatable bonds is 2. The predicted molar refractivity (Wildman–Crippen MR) is 79.8 cm³/mol. The van der Waals surface area contributed by atoms with Crippen LogP contribution in [-0.4, -0.2) is 72.0 Å². The molecule has 3 fully saturated rings. The molecule has 0 bridgehead atoms. The van der Waals surface area contributed by atoms with Gasteiger partial charge in [0.15, 0.2) is 0 Å². The molecule has 4 rings (SSSR count). The summed E-state index contributed by atoms with van der Waals surface area (Å²) < 4.78 is 11.3. The number of hydrogen-bond donors (Lipinski definition) is 1. The fourth-order valence-electron chi connectivity index (χ4n) is 3.93. The molecule has 0 radical (unpaired) electrons. The standard InChI is InChI=1S/C16H22N2O5/c19-14-13(11-1-2-11)12(9-22-14)18-7-8-23-16(10-18)3-5-17(6-4-16)15(20)21/h11H,1-10H2,(H,20,21). The van der Waals surface area contributed by atoms with Gasteiger partial charge < -0.3 is 24.4 Å². The van der Waals surface area contributed by atoms with Crippen molar-refractivity contribution in [2.24, 2.45) is 5.92 Å². The van der Waals surface area contributed by atoms with Crippen molar-refractivity contribution >= 4 is 12.1 Å². The van der Waals surface area contributed by atoms with E-state index < -0.39 is 6.09 Å². The number of likely N-dealkylation sites (tertiary alicyclic amines) is 1. The van der Waals surface area contributed by atoms with E-state index in [4.69, 9.17) is 14.6 Å². The average Bonchev–Trinajstić information content (AvgIpc) is 3.30. The lowest BCUT2D eigenvalue weighted by Crippen LogP contribution is -2.57. The molecule has 126 valence electrons. The van der Waals surface area contributed by atoms with Crippen LogP contribution in [0.2, 0.25) is 0 Å². The smallest absolute Gasteiger partial charge is 0.407 e. The van der Waals surface area contributed by atoms with Crippen LogP contribution in [0.15, 0.2) is 11.3 Å². The highest BCUT2D eigenvalue weighted by Gasteiger charge is 2.45. The first kappa shape index (κ1) is 14.8. The molecule has 23 heavy (non-hydrogen) atoms. The third-order valence-electron chi connectivity index (χ3n) is 5.43. The highest BCUT2D eigenvalue weighted by atomic mass is 16.5. The number of hydrogen-bond acceptors (Lipinski definition) is 5. The Kier molecular flexibility index (Phi) is 3.48. The normalized spacial score (nSPS) is 27.6. The SMILES string of the molecule is O=C1OCC(N2CCOC3(CCN(C(=O)O)CC3)C2)=C1C1CC1. The number of carbonyl (C=O) groups is 2. The lowest BCUT2D eigenvalue weighted by Gasteiger charge is -2.47. The minimum atomic E-state index is -0.860. The number of esters is 1. The monoisotopic (exact) mass is 322 g/mol. The van der Waals surface area contributed by atoms with Crippen LogP contribution in [0.4, 0.5) is 4.79 Å². The summed E-state index contributed by atoms with van der Waals surface area (Å²) >= 11 is 0. The first-order valence-electron chi connectivity index (χ1n) is 8.35. The van der Waals surface area contributed by atoms with Crippen LogP contribution in [0.5, 0.6) is 0 Å². The van der Waals surface area contributed by atoms with Gasteiger partial charge in [0, 0.05) is 26.2 Å². The van der Waals surface area contributed by atoms with Crippen molar-refractivity contribution in [2.45, 2.75) is 31.3 Å². The number of amides is 1. The molecule has 1 aliphatic carbocycles. The average molecular weight is 322 g/mol. The Morgan fingerprint density at radius 3 is 2.61 bits per heavy atom. The molecule has 1 spiro atoms. The maximum absolute atomic E-state index is 12.0. The van der Waals surface area contributed by atoms with E-state index in [0.717, 1.165) is 37.2 Å². The van der Waals surface area contributed by atoms with Gasteiger partial charge in [0.1, 0.15) is 6.61 Å². The van der Waals surface area contributed by atoms with Gasteiger partial charge in [-0.2, -0.15) is 0 Å². The van der Waals surface area contributed by atoms with E-state index in [9.17, 15) is 9.59 Å². The fourth-order valence-corrected chi connectivity index (χ4v) is 3.93. The van der Waals surface area contributed by atoms with Gasteiger partial charge in [-0.25, -0.2) is 9.59 Å². The minimum absolute atomic E-state index is 0.149. The summed E-state index contributed by atoms with van der Waals surface area (Å²) in [5.74, 6) is 0.233. The van der Waals surface area contributed by atoms with E-state index >= 15 is 0 Å². The lowest BCUT2D eigenvalue weighted by atomic mass is 9.89. The predicted octanol–water partition coefficient (Wildman–Crippen LogP) is 1.05. The van der Waals surface area contributed by atoms with Crippen molar-refractivity contribution in [3.63, 3.8) is 0 Å². The maximum atomic E-state index is 12.0. The molecule has 1 saturated carbocycles. The van der Waals surface area contributed by atoms with E-state index in [1.807, 2.05) is 0 Å². The third-order valence-corrected chi connectivity index (χ3v) is 5.43. The van der Waals surface area contributed by atoms with Crippen molar-refractivity contribution in [2.75, 3.05) is 39.4 Å². The first-order valence-corrected chi connectivity index (χ1v) is 8.35. The fraction of sp³-hybridized carbons (Fsp3) is 0.750. The second kappa shape index (κ2) is 5.40. The lowest BCUT2D eigenvalue weighted by molar-refractivity contribution is -0.136. The van der Waals surface area contributed by atoms with Gasteiger partial charge in [0.2, 0.25) is 0 Å². The summed E-state index contributed by atoms with van der Waals surface area (Å²) in [4.78, 5) is 26.8. The summed E-state index contributed by atoms with van der Waals surface area (Å²) in [5, 5.41) is 9.09. The molecule has 0 aromatic carbocycles. The second-order valence-electron chi connectivity index (χ2n) is 6.93. The molecule has 1 amide bonds. The number of ether oxygens (including phenoxy) is 2. The number of morpholine rings is 1. The van der Waals surface area contributed by atoms with Crippen LogP contribution < -0.4 is 0 Å². The van der Waals surface area contributed by atoms with Gasteiger partial charge in [-0.3, -0.25) is 0 Å². The molecule has 1 N–H and O–H groups in total. The molecular formula is C16H22N2O5. The summed E-state index contributed by atoms with van der Waals surface area (Å²) in [5.41, 5.74) is 1.63. The Balaban J connectivity index is 1.49.